The van der Waals surface area contributed by atoms with E-state index in [1.165, 1.54) is 0 Å². The van der Waals surface area contributed by atoms with Gasteiger partial charge in [-0.25, -0.2) is 0 Å². The fourth-order valence-electron chi connectivity index (χ4n) is 3.06. The van der Waals surface area contributed by atoms with Crippen molar-refractivity contribution >= 4 is 5.91 Å². The first kappa shape index (κ1) is 15.3. The molecule has 2 N–H and O–H groups in total. The SMILES string of the molecule is Cn1cc(O[C@@H]2COC[C@@H]2NC(=O)C2CCC(O)CC2)cn1. The minimum atomic E-state index is -0.250. The van der Waals surface area contributed by atoms with Crippen molar-refractivity contribution < 1.29 is 19.4 Å². The van der Waals surface area contributed by atoms with Crippen LogP contribution in [-0.4, -0.2) is 52.3 Å². The number of carbonyl (C=O) groups excluding carboxylic acids is 1. The number of hydrogen-bond donors (Lipinski definition) is 2. The van der Waals surface area contributed by atoms with Crippen LogP contribution in [0.15, 0.2) is 12.4 Å². The van der Waals surface area contributed by atoms with Gasteiger partial charge in [0.2, 0.25) is 5.91 Å². The lowest BCUT2D eigenvalue weighted by Crippen LogP contribution is -2.47. The average molecular weight is 309 g/mol. The summed E-state index contributed by atoms with van der Waals surface area (Å²) in [5.74, 6) is 0.711. The molecule has 1 aliphatic carbocycles. The highest BCUT2D eigenvalue weighted by molar-refractivity contribution is 5.79. The summed E-state index contributed by atoms with van der Waals surface area (Å²) in [5, 5.41) is 16.6. The maximum Gasteiger partial charge on any atom is 0.223 e. The molecular formula is C15H23N3O4. The van der Waals surface area contributed by atoms with Crippen molar-refractivity contribution in [3.63, 3.8) is 0 Å². The Morgan fingerprint density at radius 3 is 2.86 bits per heavy atom. The monoisotopic (exact) mass is 309 g/mol. The van der Waals surface area contributed by atoms with E-state index in [1.807, 2.05) is 7.05 Å². The van der Waals surface area contributed by atoms with Crippen molar-refractivity contribution in [1.29, 1.82) is 0 Å². The summed E-state index contributed by atoms with van der Waals surface area (Å²) < 4.78 is 13.0. The molecule has 3 rings (SSSR count). The molecule has 2 fully saturated rings. The number of hydrogen-bond acceptors (Lipinski definition) is 5. The maximum absolute atomic E-state index is 12.3. The van der Waals surface area contributed by atoms with Crippen LogP contribution in [0.25, 0.3) is 0 Å². The van der Waals surface area contributed by atoms with Crippen LogP contribution in [0.3, 0.4) is 0 Å². The molecule has 1 saturated heterocycles. The number of aliphatic hydroxyl groups excluding tert-OH is 1. The van der Waals surface area contributed by atoms with Crippen LogP contribution in [0.4, 0.5) is 0 Å². The normalized spacial score (nSPS) is 31.9. The van der Waals surface area contributed by atoms with Crippen LogP contribution < -0.4 is 10.1 Å². The third kappa shape index (κ3) is 3.59. The number of aliphatic hydroxyl groups is 1. The first-order valence-corrected chi connectivity index (χ1v) is 7.83. The third-order valence-corrected chi connectivity index (χ3v) is 4.39. The summed E-state index contributed by atoms with van der Waals surface area (Å²) in [5.41, 5.74) is 0. The Bertz CT molecular complexity index is 511. The molecule has 1 aromatic heterocycles. The highest BCUT2D eigenvalue weighted by Gasteiger charge is 2.34. The molecular weight excluding hydrogens is 286 g/mol. The van der Waals surface area contributed by atoms with Crippen molar-refractivity contribution in [3.05, 3.63) is 12.4 Å². The molecule has 0 bridgehead atoms. The van der Waals surface area contributed by atoms with Gasteiger partial charge in [-0.3, -0.25) is 9.48 Å². The fraction of sp³-hybridized carbons (Fsp3) is 0.733. The number of nitrogens with zero attached hydrogens (tertiary/aromatic N) is 2. The smallest absolute Gasteiger partial charge is 0.223 e. The van der Waals surface area contributed by atoms with E-state index in [4.69, 9.17) is 9.47 Å². The van der Waals surface area contributed by atoms with Gasteiger partial charge in [-0.15, -0.1) is 0 Å². The van der Waals surface area contributed by atoms with E-state index in [0.29, 0.717) is 31.8 Å². The number of nitrogens with one attached hydrogen (secondary N) is 1. The molecule has 0 aromatic carbocycles. The Balaban J connectivity index is 1.53. The van der Waals surface area contributed by atoms with Gasteiger partial charge in [-0.1, -0.05) is 0 Å². The second kappa shape index (κ2) is 6.66. The summed E-state index contributed by atoms with van der Waals surface area (Å²) in [6.07, 6.45) is 5.90. The van der Waals surface area contributed by atoms with Gasteiger partial charge < -0.3 is 19.9 Å². The van der Waals surface area contributed by atoms with Gasteiger partial charge in [0, 0.05) is 13.0 Å². The molecule has 7 heteroatoms. The quantitative estimate of drug-likeness (QED) is 0.832. The van der Waals surface area contributed by atoms with Crippen LogP contribution in [0.5, 0.6) is 5.75 Å². The number of aromatic nitrogens is 2. The van der Waals surface area contributed by atoms with Crippen LogP contribution in [0, 0.1) is 5.92 Å². The van der Waals surface area contributed by atoms with Gasteiger partial charge >= 0.3 is 0 Å². The van der Waals surface area contributed by atoms with E-state index in [2.05, 4.69) is 10.4 Å². The third-order valence-electron chi connectivity index (χ3n) is 4.39. The van der Waals surface area contributed by atoms with E-state index in [9.17, 15) is 9.90 Å². The number of carbonyl (C=O) groups is 1. The lowest BCUT2D eigenvalue weighted by Gasteiger charge is -2.27. The molecule has 7 nitrogen and oxygen atoms in total. The second-order valence-electron chi connectivity index (χ2n) is 6.16. The van der Waals surface area contributed by atoms with Crippen molar-refractivity contribution in [1.82, 2.24) is 15.1 Å². The van der Waals surface area contributed by atoms with Gasteiger partial charge in [0.05, 0.1) is 37.8 Å². The first-order chi connectivity index (χ1) is 10.6. The predicted molar refractivity (Wildman–Crippen MR) is 78.3 cm³/mol. The molecule has 122 valence electrons. The Morgan fingerprint density at radius 2 is 2.18 bits per heavy atom. The minimum absolute atomic E-state index is 0.0111. The van der Waals surface area contributed by atoms with Crippen LogP contribution in [0.1, 0.15) is 25.7 Å². The van der Waals surface area contributed by atoms with Crippen molar-refractivity contribution in [2.24, 2.45) is 13.0 Å². The van der Waals surface area contributed by atoms with Gasteiger partial charge in [-0.2, -0.15) is 5.10 Å². The highest BCUT2D eigenvalue weighted by atomic mass is 16.5. The summed E-state index contributed by atoms with van der Waals surface area (Å²) in [6, 6.07) is -0.139. The molecule has 0 unspecified atom stereocenters. The van der Waals surface area contributed by atoms with Gasteiger partial charge in [0.1, 0.15) is 6.10 Å². The molecule has 22 heavy (non-hydrogen) atoms. The lowest BCUT2D eigenvalue weighted by molar-refractivity contribution is -0.127. The zero-order valence-electron chi connectivity index (χ0n) is 12.8. The Labute approximate surface area is 129 Å². The van der Waals surface area contributed by atoms with E-state index in [-0.39, 0.29) is 30.1 Å². The Hall–Kier alpha value is -1.60. The van der Waals surface area contributed by atoms with E-state index in [0.717, 1.165) is 12.8 Å². The van der Waals surface area contributed by atoms with Gasteiger partial charge in [0.15, 0.2) is 5.75 Å². The van der Waals surface area contributed by atoms with Crippen molar-refractivity contribution in [2.45, 2.75) is 43.9 Å². The molecule has 2 heterocycles. The lowest BCUT2D eigenvalue weighted by atomic mass is 9.86. The number of amides is 1. The van der Waals surface area contributed by atoms with E-state index >= 15 is 0 Å². The predicted octanol–water partition coefficient (Wildman–Crippen LogP) is 0.234. The molecule has 1 amide bonds. The number of ether oxygens (including phenoxy) is 2. The van der Waals surface area contributed by atoms with Gasteiger partial charge in [0.25, 0.3) is 0 Å². The standard InChI is InChI=1S/C15H23N3O4/c1-18-7-12(6-16-18)22-14-9-21-8-13(14)17-15(20)10-2-4-11(19)5-3-10/h6-7,10-11,13-14,19H,2-5,8-9H2,1H3,(H,17,20)/t10?,11?,13-,14+/m0/s1. The highest BCUT2D eigenvalue weighted by Crippen LogP contribution is 2.25. The van der Waals surface area contributed by atoms with Crippen LogP contribution in [-0.2, 0) is 16.6 Å². The number of rotatable bonds is 4. The topological polar surface area (TPSA) is 85.6 Å². The summed E-state index contributed by atoms with van der Waals surface area (Å²) in [7, 11) is 1.83. The molecule has 1 aliphatic heterocycles. The maximum atomic E-state index is 12.3. The minimum Gasteiger partial charge on any atom is -0.482 e. The molecule has 2 aliphatic rings. The largest absolute Gasteiger partial charge is 0.482 e. The van der Waals surface area contributed by atoms with Gasteiger partial charge in [-0.05, 0) is 25.7 Å². The first-order valence-electron chi connectivity index (χ1n) is 7.83. The van der Waals surface area contributed by atoms with E-state index < -0.39 is 0 Å². The summed E-state index contributed by atoms with van der Waals surface area (Å²) in [6.45, 7) is 0.926. The zero-order chi connectivity index (χ0) is 15.5. The summed E-state index contributed by atoms with van der Waals surface area (Å²) in [4.78, 5) is 12.3. The van der Waals surface area contributed by atoms with Crippen LogP contribution in [0.2, 0.25) is 0 Å². The zero-order valence-corrected chi connectivity index (χ0v) is 12.8. The molecule has 2 atom stereocenters. The molecule has 0 spiro atoms. The Morgan fingerprint density at radius 1 is 1.41 bits per heavy atom. The summed E-state index contributed by atoms with van der Waals surface area (Å²) >= 11 is 0. The average Bonchev–Trinajstić information content (AvgIpc) is 3.10. The number of aryl methyl sites for hydroxylation is 1. The van der Waals surface area contributed by atoms with Crippen LogP contribution >= 0.6 is 0 Å². The van der Waals surface area contributed by atoms with E-state index in [1.54, 1.807) is 17.1 Å². The molecule has 0 radical (unpaired) electrons. The van der Waals surface area contributed by atoms with Crippen molar-refractivity contribution in [3.8, 4) is 5.75 Å². The molecule has 1 aromatic rings. The Kier molecular flexibility index (Phi) is 4.63. The fourth-order valence-corrected chi connectivity index (χ4v) is 3.06. The van der Waals surface area contributed by atoms with Crippen molar-refractivity contribution in [2.75, 3.05) is 13.2 Å². The molecule has 1 saturated carbocycles. The second-order valence-corrected chi connectivity index (χ2v) is 6.16.